The monoisotopic (exact) mass is 424 g/mol. The number of nitrogens with one attached hydrogen (secondary N) is 1. The molecule has 0 radical (unpaired) electrons. The SMILES string of the molecule is O=C(Nc1cccc(Cl)c1)[C@@H]1Cn2ccnc2C2(CCN(c3ncccn3)CC2)O1. The van der Waals surface area contributed by atoms with Crippen molar-refractivity contribution in [3.05, 3.63) is 66.0 Å². The van der Waals surface area contributed by atoms with Gasteiger partial charge >= 0.3 is 0 Å². The average molecular weight is 425 g/mol. The minimum atomic E-state index is -0.620. The molecule has 3 aromatic rings. The number of piperidine rings is 1. The largest absolute Gasteiger partial charge is 0.352 e. The Kier molecular flexibility index (Phi) is 4.88. The number of nitrogens with zero attached hydrogens (tertiary/aromatic N) is 5. The number of carbonyl (C=O) groups excluding carboxylic acids is 1. The molecule has 1 saturated heterocycles. The number of hydrogen-bond donors (Lipinski definition) is 1. The Balaban J connectivity index is 1.35. The second-order valence-electron chi connectivity index (χ2n) is 7.54. The molecule has 5 rings (SSSR count). The lowest BCUT2D eigenvalue weighted by Gasteiger charge is -2.45. The Bertz CT molecular complexity index is 1050. The van der Waals surface area contributed by atoms with Crippen LogP contribution in [0.4, 0.5) is 11.6 Å². The van der Waals surface area contributed by atoms with Crippen LogP contribution in [0, 0.1) is 0 Å². The normalized spacial score (nSPS) is 20.0. The van der Waals surface area contributed by atoms with E-state index in [4.69, 9.17) is 16.3 Å². The van der Waals surface area contributed by atoms with E-state index in [1.54, 1.807) is 42.9 Å². The zero-order valence-corrected chi connectivity index (χ0v) is 17.0. The molecule has 1 amide bonds. The molecule has 4 heterocycles. The summed E-state index contributed by atoms with van der Waals surface area (Å²) in [6.07, 6.45) is 7.94. The van der Waals surface area contributed by atoms with Gasteiger partial charge in [0.2, 0.25) is 5.95 Å². The standard InChI is InChI=1S/C21H21ClN6O2/c22-15-3-1-4-16(13-15)26-18(29)17-14-28-12-9-23-19(28)21(30-17)5-10-27(11-6-21)20-24-7-2-8-25-20/h1-4,7-9,12-13,17H,5-6,10-11,14H2,(H,26,29)/t17-/m0/s1. The number of rotatable bonds is 3. The maximum absolute atomic E-state index is 13.0. The molecule has 154 valence electrons. The smallest absolute Gasteiger partial charge is 0.255 e. The molecule has 1 aromatic carbocycles. The van der Waals surface area contributed by atoms with Gasteiger partial charge in [-0.15, -0.1) is 0 Å². The van der Waals surface area contributed by atoms with E-state index in [0.29, 0.717) is 36.0 Å². The molecule has 2 aliphatic heterocycles. The van der Waals surface area contributed by atoms with E-state index in [0.717, 1.165) is 18.9 Å². The molecule has 2 aromatic heterocycles. The van der Waals surface area contributed by atoms with Gasteiger partial charge in [-0.05, 0) is 24.3 Å². The first-order valence-electron chi connectivity index (χ1n) is 9.91. The predicted octanol–water partition coefficient (Wildman–Crippen LogP) is 2.86. The van der Waals surface area contributed by atoms with Gasteiger partial charge < -0.3 is 19.5 Å². The van der Waals surface area contributed by atoms with Crippen LogP contribution in [-0.2, 0) is 21.7 Å². The van der Waals surface area contributed by atoms with E-state index in [9.17, 15) is 4.79 Å². The van der Waals surface area contributed by atoms with Gasteiger partial charge in [-0.1, -0.05) is 17.7 Å². The van der Waals surface area contributed by atoms with Crippen molar-refractivity contribution >= 4 is 29.1 Å². The van der Waals surface area contributed by atoms with Crippen molar-refractivity contribution in [2.24, 2.45) is 0 Å². The molecule has 0 unspecified atom stereocenters. The van der Waals surface area contributed by atoms with Gasteiger partial charge in [0.25, 0.3) is 5.91 Å². The second-order valence-corrected chi connectivity index (χ2v) is 7.98. The minimum Gasteiger partial charge on any atom is -0.352 e. The minimum absolute atomic E-state index is 0.190. The molecule has 0 aliphatic carbocycles. The van der Waals surface area contributed by atoms with Gasteiger partial charge in [-0.3, -0.25) is 4.79 Å². The van der Waals surface area contributed by atoms with Crippen molar-refractivity contribution in [2.45, 2.75) is 31.1 Å². The fraction of sp³-hybridized carbons (Fsp3) is 0.333. The lowest BCUT2D eigenvalue weighted by molar-refractivity contribution is -0.162. The first-order chi connectivity index (χ1) is 14.6. The lowest BCUT2D eigenvalue weighted by Crippen LogP contribution is -2.53. The van der Waals surface area contributed by atoms with Crippen LogP contribution in [0.25, 0.3) is 0 Å². The molecule has 1 fully saturated rings. The Labute approximate surface area is 178 Å². The van der Waals surface area contributed by atoms with Crippen molar-refractivity contribution in [1.82, 2.24) is 19.5 Å². The van der Waals surface area contributed by atoms with Gasteiger partial charge in [0.15, 0.2) is 6.10 Å². The summed E-state index contributed by atoms with van der Waals surface area (Å²) in [5.41, 5.74) is 0.0428. The van der Waals surface area contributed by atoms with Gasteiger partial charge in [0.05, 0.1) is 6.54 Å². The van der Waals surface area contributed by atoms with Gasteiger partial charge in [-0.2, -0.15) is 0 Å². The molecule has 8 nitrogen and oxygen atoms in total. The van der Waals surface area contributed by atoms with Crippen molar-refractivity contribution in [2.75, 3.05) is 23.3 Å². The number of anilines is 2. The van der Waals surface area contributed by atoms with Crippen LogP contribution >= 0.6 is 11.6 Å². The van der Waals surface area contributed by atoms with Crippen LogP contribution in [0.5, 0.6) is 0 Å². The number of carbonyl (C=O) groups is 1. The highest BCUT2D eigenvalue weighted by molar-refractivity contribution is 6.30. The van der Waals surface area contributed by atoms with E-state index < -0.39 is 11.7 Å². The number of hydrogen-bond acceptors (Lipinski definition) is 6. The van der Waals surface area contributed by atoms with Crippen LogP contribution in [0.2, 0.25) is 5.02 Å². The molecule has 2 aliphatic rings. The third kappa shape index (κ3) is 3.53. The molecular formula is C21H21ClN6O2. The summed E-state index contributed by atoms with van der Waals surface area (Å²) in [6.45, 7) is 1.87. The molecule has 0 saturated carbocycles. The molecule has 1 N–H and O–H groups in total. The zero-order valence-electron chi connectivity index (χ0n) is 16.2. The highest BCUT2D eigenvalue weighted by Crippen LogP contribution is 2.40. The first-order valence-corrected chi connectivity index (χ1v) is 10.3. The van der Waals surface area contributed by atoms with Gasteiger partial charge in [-0.25, -0.2) is 15.0 Å². The fourth-order valence-electron chi connectivity index (χ4n) is 4.19. The van der Waals surface area contributed by atoms with Crippen LogP contribution in [-0.4, -0.2) is 44.6 Å². The third-order valence-corrected chi connectivity index (χ3v) is 5.88. The molecule has 1 atom stereocenters. The van der Waals surface area contributed by atoms with Crippen molar-refractivity contribution in [3.8, 4) is 0 Å². The highest BCUT2D eigenvalue weighted by Gasteiger charge is 2.47. The zero-order chi connectivity index (χ0) is 20.6. The summed E-state index contributed by atoms with van der Waals surface area (Å²) in [4.78, 5) is 28.4. The number of benzene rings is 1. The van der Waals surface area contributed by atoms with Gasteiger partial charge in [0.1, 0.15) is 11.4 Å². The highest BCUT2D eigenvalue weighted by atomic mass is 35.5. The Morgan fingerprint density at radius 1 is 1.13 bits per heavy atom. The van der Waals surface area contributed by atoms with Crippen molar-refractivity contribution in [1.29, 1.82) is 0 Å². The summed E-state index contributed by atoms with van der Waals surface area (Å²) >= 11 is 6.04. The number of halogens is 1. The molecule has 0 bridgehead atoms. The molecule has 1 spiro atoms. The maximum Gasteiger partial charge on any atom is 0.255 e. The Morgan fingerprint density at radius 3 is 2.70 bits per heavy atom. The van der Waals surface area contributed by atoms with Crippen LogP contribution in [0.3, 0.4) is 0 Å². The summed E-state index contributed by atoms with van der Waals surface area (Å²) in [5.74, 6) is 1.40. The topological polar surface area (TPSA) is 85.2 Å². The molecular weight excluding hydrogens is 404 g/mol. The van der Waals surface area contributed by atoms with E-state index in [1.807, 2.05) is 16.8 Å². The molecule has 9 heteroatoms. The van der Waals surface area contributed by atoms with Crippen LogP contribution in [0.1, 0.15) is 18.7 Å². The van der Waals surface area contributed by atoms with Gasteiger partial charge in [0, 0.05) is 61.4 Å². The summed E-state index contributed by atoms with van der Waals surface area (Å²) in [6, 6.07) is 8.91. The van der Waals surface area contributed by atoms with Crippen LogP contribution in [0.15, 0.2) is 55.1 Å². The summed E-state index contributed by atoms with van der Waals surface area (Å²) in [7, 11) is 0. The van der Waals surface area contributed by atoms with Crippen molar-refractivity contribution < 1.29 is 9.53 Å². The number of aromatic nitrogens is 4. The quantitative estimate of drug-likeness (QED) is 0.695. The number of imidazole rings is 1. The molecule has 30 heavy (non-hydrogen) atoms. The van der Waals surface area contributed by atoms with E-state index >= 15 is 0 Å². The summed E-state index contributed by atoms with van der Waals surface area (Å²) < 4.78 is 8.48. The summed E-state index contributed by atoms with van der Waals surface area (Å²) in [5, 5.41) is 3.49. The Morgan fingerprint density at radius 2 is 1.93 bits per heavy atom. The predicted molar refractivity (Wildman–Crippen MR) is 112 cm³/mol. The van der Waals surface area contributed by atoms with E-state index in [1.165, 1.54) is 0 Å². The lowest BCUT2D eigenvalue weighted by atomic mass is 9.88. The number of ether oxygens (including phenoxy) is 1. The Hall–Kier alpha value is -2.97. The average Bonchev–Trinajstić information content (AvgIpc) is 3.25. The number of amides is 1. The van der Waals surface area contributed by atoms with E-state index in [2.05, 4.69) is 25.2 Å². The fourth-order valence-corrected chi connectivity index (χ4v) is 4.38. The van der Waals surface area contributed by atoms with E-state index in [-0.39, 0.29) is 5.91 Å². The number of fused-ring (bicyclic) bond motifs is 2. The second kappa shape index (κ2) is 7.70. The first kappa shape index (κ1) is 19.0. The maximum atomic E-state index is 13.0. The van der Waals surface area contributed by atoms with Crippen LogP contribution < -0.4 is 10.2 Å². The van der Waals surface area contributed by atoms with Crippen molar-refractivity contribution in [3.63, 3.8) is 0 Å². The third-order valence-electron chi connectivity index (χ3n) is 5.64.